The fraction of sp³-hybridized carbons (Fsp3) is 0.300. The minimum atomic E-state index is -0.575. The van der Waals surface area contributed by atoms with Crippen LogP contribution in [0.3, 0.4) is 0 Å². The van der Waals surface area contributed by atoms with Crippen LogP contribution in [0.1, 0.15) is 80.9 Å². The summed E-state index contributed by atoms with van der Waals surface area (Å²) in [6.45, 7) is 1.63. The molecule has 428 valence electrons. The highest BCUT2D eigenvalue weighted by atomic mass is 32.2. The molecular formula is C60H60N16O5S3. The van der Waals surface area contributed by atoms with Crippen molar-refractivity contribution in [1.82, 2.24) is 65.4 Å². The number of nitrogens with one attached hydrogen (secondary N) is 6. The molecule has 13 rings (SSSR count). The Morgan fingerprint density at radius 2 is 1.07 bits per heavy atom. The number of carbonyl (C=O) groups is 5. The lowest BCUT2D eigenvalue weighted by Gasteiger charge is -2.17. The van der Waals surface area contributed by atoms with Gasteiger partial charge in [0.2, 0.25) is 23.5 Å². The molecule has 21 nitrogen and oxygen atoms in total. The highest BCUT2D eigenvalue weighted by Gasteiger charge is 2.39. The van der Waals surface area contributed by atoms with Gasteiger partial charge in [-0.15, -0.1) is 35.3 Å². The van der Waals surface area contributed by atoms with Crippen LogP contribution in [-0.4, -0.2) is 108 Å². The van der Waals surface area contributed by atoms with Crippen molar-refractivity contribution in [2.75, 3.05) is 29.0 Å². The van der Waals surface area contributed by atoms with E-state index in [0.29, 0.717) is 52.3 Å². The molecule has 1 aliphatic heterocycles. The number of hydrogen-bond acceptors (Lipinski definition) is 17. The first kappa shape index (κ1) is 57.2. The summed E-state index contributed by atoms with van der Waals surface area (Å²) >= 11 is 4.79. The normalized spacial score (nSPS) is 16.8. The van der Waals surface area contributed by atoms with Gasteiger partial charge in [-0.2, -0.15) is 15.3 Å². The molecule has 4 amide bonds. The zero-order valence-electron chi connectivity index (χ0n) is 45.7. The van der Waals surface area contributed by atoms with E-state index in [1.165, 1.54) is 12.7 Å². The third-order valence-corrected chi connectivity index (χ3v) is 18.0. The van der Waals surface area contributed by atoms with Crippen molar-refractivity contribution in [3.8, 4) is 0 Å². The van der Waals surface area contributed by atoms with Crippen LogP contribution in [-0.2, 0) is 41.2 Å². The van der Waals surface area contributed by atoms with E-state index >= 15 is 0 Å². The number of carbonyl (C=O) groups excluding carboxylic acids is 5. The maximum Gasteiger partial charge on any atom is 0.296 e. The fourth-order valence-electron chi connectivity index (χ4n) is 10.5. The van der Waals surface area contributed by atoms with Crippen molar-refractivity contribution in [2.45, 2.75) is 96.5 Å². The summed E-state index contributed by atoms with van der Waals surface area (Å²) in [5, 5.41) is 34.6. The van der Waals surface area contributed by atoms with Crippen LogP contribution >= 0.6 is 35.3 Å². The summed E-state index contributed by atoms with van der Waals surface area (Å²) in [5.74, 6) is 2.34. The Kier molecular flexibility index (Phi) is 18.8. The van der Waals surface area contributed by atoms with Crippen molar-refractivity contribution in [3.63, 3.8) is 0 Å². The van der Waals surface area contributed by atoms with E-state index in [0.717, 1.165) is 129 Å². The minimum Gasteiger partial charge on any atom is -0.343 e. The summed E-state index contributed by atoms with van der Waals surface area (Å²) < 4.78 is 0. The van der Waals surface area contributed by atoms with Crippen LogP contribution in [0.15, 0.2) is 149 Å². The SMILES string of the molecule is O=C(CCC(=O)N1CCCC1)Nc1cccc(CSc2ncnc3[nH]ncc23)c1.O=C(Nc1cccc(CSc2ncnc3[nH]ncc23)c1)C(=O)C1=CCCCC1.O=C(Nc1cccc(CSc2ncnc3[nH]ncc23)c1)C1C[C@H]2C=C[C@H]1C2. The number of rotatable bonds is 18. The number of amides is 4. The molecule has 3 aromatic carbocycles. The largest absolute Gasteiger partial charge is 0.343 e. The predicted octanol–water partition coefficient (Wildman–Crippen LogP) is 10.4. The van der Waals surface area contributed by atoms with E-state index in [-0.39, 0.29) is 36.5 Å². The quantitative estimate of drug-likeness (QED) is 0.0201. The van der Waals surface area contributed by atoms with Gasteiger partial charge in [-0.1, -0.05) is 54.6 Å². The van der Waals surface area contributed by atoms with Gasteiger partial charge >= 0.3 is 0 Å². The smallest absolute Gasteiger partial charge is 0.296 e. The average Bonchev–Trinajstić information content (AvgIpc) is 4.54. The number of aromatic nitrogens is 12. The second kappa shape index (κ2) is 27.6. The second-order valence-electron chi connectivity index (χ2n) is 20.7. The van der Waals surface area contributed by atoms with Crippen LogP contribution < -0.4 is 16.0 Å². The third kappa shape index (κ3) is 14.8. The van der Waals surface area contributed by atoms with Gasteiger partial charge in [0, 0.05) is 71.7 Å². The van der Waals surface area contributed by atoms with Crippen molar-refractivity contribution >= 4 is 115 Å². The Morgan fingerprint density at radius 3 is 1.55 bits per heavy atom. The molecule has 0 spiro atoms. The number of allylic oxidation sites excluding steroid dienone is 3. The highest BCUT2D eigenvalue weighted by Crippen LogP contribution is 2.44. The Bertz CT molecular complexity index is 3890. The van der Waals surface area contributed by atoms with E-state index in [2.05, 4.69) is 94.7 Å². The maximum atomic E-state index is 12.6. The number of anilines is 3. The monoisotopic (exact) mass is 1180 g/mol. The molecule has 7 heterocycles. The van der Waals surface area contributed by atoms with Gasteiger partial charge in [0.15, 0.2) is 16.9 Å². The standard InChI is InChI=1S/C20H22N6O2S.C20H19N5O2S.C20H19N5OS/c27-17(6-7-18(28)26-8-1-2-9-26)24-15-5-3-4-14(10-15)12-29-20-16-11-23-25-19(16)21-13-22-20;26-17(14-6-2-1-3-7-14)19(27)24-15-8-4-5-13(9-15)11-28-20-16-10-23-25-18(16)21-12-22-20;26-19(16-8-12-4-5-14(16)6-12)24-15-3-1-2-13(7-15)10-27-20-17-9-23-25-18(17)21-11-22-20/h3-5,10-11,13H,1-2,6-9,12H2,(H,24,27)(H,21,22,23,25);4-6,8-10,12H,1-3,7,11H2,(H,24,27)(H,21,22,23,25);1-5,7,9,11-12,14,16H,6,8,10H2,(H,24,26)(H,21,22,23,25)/t;;12-,14-,16?/m..0/s1. The lowest BCUT2D eigenvalue weighted by molar-refractivity contribution is -0.132. The second-order valence-corrected chi connectivity index (χ2v) is 23.6. The molecule has 6 N–H and O–H groups in total. The topological polar surface area (TPSA) is 288 Å². The van der Waals surface area contributed by atoms with Crippen molar-refractivity contribution in [2.24, 2.45) is 17.8 Å². The van der Waals surface area contributed by atoms with Crippen LogP contribution in [0, 0.1) is 17.8 Å². The lowest BCUT2D eigenvalue weighted by Crippen LogP contribution is -2.28. The number of ketones is 1. The van der Waals surface area contributed by atoms with Gasteiger partial charge in [0.1, 0.15) is 34.1 Å². The Balaban J connectivity index is 0.000000132. The van der Waals surface area contributed by atoms with Crippen molar-refractivity contribution in [3.05, 3.63) is 151 Å². The van der Waals surface area contributed by atoms with Crippen LogP contribution in [0.25, 0.3) is 33.1 Å². The number of fused-ring (bicyclic) bond motifs is 5. The van der Waals surface area contributed by atoms with Crippen LogP contribution in [0.2, 0.25) is 0 Å². The van der Waals surface area contributed by atoms with Crippen LogP contribution in [0.4, 0.5) is 17.1 Å². The number of H-pyrrole nitrogens is 3. The van der Waals surface area contributed by atoms with Gasteiger partial charge in [0.05, 0.1) is 34.7 Å². The molecular weight excluding hydrogens is 1120 g/mol. The zero-order valence-corrected chi connectivity index (χ0v) is 48.2. The Hall–Kier alpha value is -8.61. The van der Waals surface area contributed by atoms with Crippen molar-refractivity contribution in [1.29, 1.82) is 0 Å². The van der Waals surface area contributed by atoms with E-state index < -0.39 is 11.7 Å². The molecule has 9 aromatic rings. The first-order valence-electron chi connectivity index (χ1n) is 27.8. The number of likely N-dealkylation sites (tertiary alicyclic amines) is 1. The molecule has 1 unspecified atom stereocenters. The highest BCUT2D eigenvalue weighted by molar-refractivity contribution is 7.99. The number of Topliss-reactive ketones (excluding diaryl/α,β-unsaturated/α-hetero) is 1. The summed E-state index contributed by atoms with van der Waals surface area (Å²) in [6, 6.07) is 23.3. The summed E-state index contributed by atoms with van der Waals surface area (Å²) in [6.07, 6.45) is 24.4. The fourth-order valence-corrected chi connectivity index (χ4v) is 13.2. The molecule has 1 saturated heterocycles. The number of aromatic amines is 3. The number of thioether (sulfide) groups is 3. The lowest BCUT2D eigenvalue weighted by atomic mass is 9.93. The van der Waals surface area contributed by atoms with Gasteiger partial charge in [-0.25, -0.2) is 29.9 Å². The summed E-state index contributed by atoms with van der Waals surface area (Å²) in [4.78, 5) is 88.8. The molecule has 84 heavy (non-hydrogen) atoms. The minimum absolute atomic E-state index is 0.0678. The predicted molar refractivity (Wildman–Crippen MR) is 324 cm³/mol. The number of hydrogen-bond donors (Lipinski definition) is 6. The average molecular weight is 1180 g/mol. The van der Waals surface area contributed by atoms with E-state index in [4.69, 9.17) is 0 Å². The summed E-state index contributed by atoms with van der Waals surface area (Å²) in [7, 11) is 0. The summed E-state index contributed by atoms with van der Waals surface area (Å²) in [5.41, 5.74) is 8.22. The zero-order chi connectivity index (χ0) is 57.6. The van der Waals surface area contributed by atoms with E-state index in [1.807, 2.05) is 71.6 Å². The van der Waals surface area contributed by atoms with Crippen LogP contribution in [0.5, 0.6) is 0 Å². The maximum absolute atomic E-state index is 12.6. The van der Waals surface area contributed by atoms with Gasteiger partial charge < -0.3 is 20.9 Å². The van der Waals surface area contributed by atoms with E-state index in [1.54, 1.807) is 66.3 Å². The Labute approximate surface area is 495 Å². The molecule has 3 atom stereocenters. The first-order chi connectivity index (χ1) is 41.1. The number of nitrogens with zero attached hydrogens (tertiary/aromatic N) is 10. The molecule has 6 aromatic heterocycles. The number of benzene rings is 3. The molecule has 3 aliphatic carbocycles. The van der Waals surface area contributed by atoms with E-state index in [9.17, 15) is 24.0 Å². The molecule has 24 heteroatoms. The molecule has 1 saturated carbocycles. The molecule has 4 aliphatic rings. The van der Waals surface area contributed by atoms with Crippen molar-refractivity contribution < 1.29 is 24.0 Å². The van der Waals surface area contributed by atoms with Gasteiger partial charge in [0.25, 0.3) is 5.91 Å². The molecule has 2 fully saturated rings. The van der Waals surface area contributed by atoms with Gasteiger partial charge in [-0.3, -0.25) is 39.3 Å². The Morgan fingerprint density at radius 1 is 0.560 bits per heavy atom. The van der Waals surface area contributed by atoms with Gasteiger partial charge in [-0.05, 0) is 116 Å². The third-order valence-electron chi connectivity index (χ3n) is 14.8. The molecule has 0 radical (unpaired) electrons. The molecule has 2 bridgehead atoms. The first-order valence-corrected chi connectivity index (χ1v) is 30.8.